The zero-order chi connectivity index (χ0) is 13.2. The monoisotopic (exact) mass is 251 g/mol. The lowest BCUT2D eigenvalue weighted by Crippen LogP contribution is -1.98. The highest BCUT2D eigenvalue weighted by Crippen LogP contribution is 2.24. The minimum absolute atomic E-state index is 0.400. The molecule has 0 amide bonds. The molecule has 3 N–H and O–H groups in total. The number of nitrogens with zero attached hydrogens (tertiary/aromatic N) is 3. The largest absolute Gasteiger partial charge is 0.382 e. The number of rotatable bonds is 2. The van der Waals surface area contributed by atoms with Gasteiger partial charge in [0.15, 0.2) is 0 Å². The van der Waals surface area contributed by atoms with Gasteiger partial charge in [-0.1, -0.05) is 18.2 Å². The normalized spacial score (nSPS) is 10.6. The zero-order valence-corrected chi connectivity index (χ0v) is 10.5. The first-order valence-electron chi connectivity index (χ1n) is 5.93. The Balaban J connectivity index is 2.05. The van der Waals surface area contributed by atoms with E-state index in [0.29, 0.717) is 11.6 Å². The van der Waals surface area contributed by atoms with E-state index < -0.39 is 0 Å². The summed E-state index contributed by atoms with van der Waals surface area (Å²) in [6, 6.07) is 10.0. The molecule has 3 aromatic rings. The second kappa shape index (κ2) is 4.53. The van der Waals surface area contributed by atoms with Gasteiger partial charge in [-0.2, -0.15) is 0 Å². The third-order valence-corrected chi connectivity index (χ3v) is 2.79. The minimum atomic E-state index is 0.400. The Kier molecular flexibility index (Phi) is 2.72. The van der Waals surface area contributed by atoms with E-state index in [1.165, 1.54) is 6.20 Å². The number of hydrogen-bond acceptors (Lipinski definition) is 5. The van der Waals surface area contributed by atoms with Crippen LogP contribution in [0.4, 0.5) is 17.3 Å². The predicted octanol–water partition coefficient (Wildman–Crippen LogP) is 2.66. The molecule has 0 fully saturated rings. The van der Waals surface area contributed by atoms with Gasteiger partial charge in [0, 0.05) is 11.1 Å². The van der Waals surface area contributed by atoms with Crippen LogP contribution in [0.5, 0.6) is 0 Å². The molecule has 0 saturated carbocycles. The number of nitrogen functional groups attached to an aromatic ring is 1. The number of nitrogens with two attached hydrogens (primary N) is 1. The Morgan fingerprint density at radius 1 is 1.05 bits per heavy atom. The standard InChI is InChI=1S/C14H13N5/c1-9-5-6-10-3-2-4-11(14(10)18-9)19-13-8-16-12(15)7-17-13/h2-8H,1H3,(H2,15,16)(H,17,19). The Bertz CT molecular complexity index is 721. The van der Waals surface area contributed by atoms with Gasteiger partial charge in [-0.15, -0.1) is 0 Å². The molecule has 2 heterocycles. The molecule has 94 valence electrons. The zero-order valence-electron chi connectivity index (χ0n) is 10.5. The van der Waals surface area contributed by atoms with Crippen molar-refractivity contribution in [3.63, 3.8) is 0 Å². The van der Waals surface area contributed by atoms with Crippen LogP contribution in [-0.2, 0) is 0 Å². The average molecular weight is 251 g/mol. The van der Waals surface area contributed by atoms with Crippen LogP contribution in [0.1, 0.15) is 5.69 Å². The number of pyridine rings is 1. The quantitative estimate of drug-likeness (QED) is 0.732. The molecule has 0 spiro atoms. The fraction of sp³-hybridized carbons (Fsp3) is 0.0714. The van der Waals surface area contributed by atoms with Gasteiger partial charge in [-0.25, -0.2) is 9.97 Å². The van der Waals surface area contributed by atoms with Crippen LogP contribution >= 0.6 is 0 Å². The first-order valence-corrected chi connectivity index (χ1v) is 5.93. The minimum Gasteiger partial charge on any atom is -0.382 e. The average Bonchev–Trinajstić information content (AvgIpc) is 2.42. The summed E-state index contributed by atoms with van der Waals surface area (Å²) in [7, 11) is 0. The smallest absolute Gasteiger partial charge is 0.149 e. The van der Waals surface area contributed by atoms with Gasteiger partial charge >= 0.3 is 0 Å². The topological polar surface area (TPSA) is 76.7 Å². The van der Waals surface area contributed by atoms with E-state index in [9.17, 15) is 0 Å². The fourth-order valence-electron chi connectivity index (χ4n) is 1.89. The van der Waals surface area contributed by atoms with Crippen molar-refractivity contribution in [3.8, 4) is 0 Å². The molecule has 0 aliphatic rings. The summed E-state index contributed by atoms with van der Waals surface area (Å²) >= 11 is 0. The third kappa shape index (κ3) is 2.30. The van der Waals surface area contributed by atoms with Crippen molar-refractivity contribution in [1.29, 1.82) is 0 Å². The van der Waals surface area contributed by atoms with E-state index in [1.807, 2.05) is 31.2 Å². The molecule has 19 heavy (non-hydrogen) atoms. The van der Waals surface area contributed by atoms with Crippen molar-refractivity contribution in [1.82, 2.24) is 15.0 Å². The lowest BCUT2D eigenvalue weighted by molar-refractivity contribution is 1.20. The van der Waals surface area contributed by atoms with Gasteiger partial charge in [0.05, 0.1) is 23.6 Å². The Hall–Kier alpha value is -2.69. The first-order chi connectivity index (χ1) is 9.22. The number of aromatic nitrogens is 3. The van der Waals surface area contributed by atoms with E-state index >= 15 is 0 Å². The SMILES string of the molecule is Cc1ccc2cccc(Nc3cnc(N)cn3)c2n1. The molecule has 0 unspecified atom stereocenters. The Morgan fingerprint density at radius 3 is 2.74 bits per heavy atom. The number of hydrogen-bond donors (Lipinski definition) is 2. The maximum Gasteiger partial charge on any atom is 0.149 e. The van der Waals surface area contributed by atoms with Gasteiger partial charge in [0.2, 0.25) is 0 Å². The molecule has 0 atom stereocenters. The molecule has 0 aliphatic heterocycles. The van der Waals surface area contributed by atoms with E-state index in [-0.39, 0.29) is 0 Å². The van der Waals surface area contributed by atoms with E-state index in [1.54, 1.807) is 6.20 Å². The lowest BCUT2D eigenvalue weighted by atomic mass is 10.2. The van der Waals surface area contributed by atoms with Gasteiger partial charge < -0.3 is 11.1 Å². The molecule has 1 aromatic carbocycles. The van der Waals surface area contributed by atoms with Crippen molar-refractivity contribution < 1.29 is 0 Å². The highest BCUT2D eigenvalue weighted by Gasteiger charge is 2.04. The van der Waals surface area contributed by atoms with Crippen molar-refractivity contribution in [3.05, 3.63) is 48.4 Å². The Labute approximate surface area is 110 Å². The van der Waals surface area contributed by atoms with Crippen molar-refractivity contribution in [2.45, 2.75) is 6.92 Å². The number of anilines is 3. The van der Waals surface area contributed by atoms with Crippen LogP contribution < -0.4 is 11.1 Å². The van der Waals surface area contributed by atoms with Gasteiger partial charge in [-0.05, 0) is 19.1 Å². The van der Waals surface area contributed by atoms with Crippen molar-refractivity contribution in [2.75, 3.05) is 11.1 Å². The molecule has 2 aromatic heterocycles. The maximum absolute atomic E-state index is 5.52. The number of aryl methyl sites for hydroxylation is 1. The summed E-state index contributed by atoms with van der Waals surface area (Å²) in [5, 5.41) is 4.29. The molecule has 3 rings (SSSR count). The van der Waals surface area contributed by atoms with E-state index in [2.05, 4.69) is 26.3 Å². The summed E-state index contributed by atoms with van der Waals surface area (Å²) in [6.07, 6.45) is 3.12. The Morgan fingerprint density at radius 2 is 1.95 bits per heavy atom. The molecule has 5 nitrogen and oxygen atoms in total. The maximum atomic E-state index is 5.52. The van der Waals surface area contributed by atoms with Crippen LogP contribution in [0.3, 0.4) is 0 Å². The number of fused-ring (bicyclic) bond motifs is 1. The second-order valence-electron chi connectivity index (χ2n) is 4.28. The van der Waals surface area contributed by atoms with Gasteiger partial charge in [0.25, 0.3) is 0 Å². The van der Waals surface area contributed by atoms with Crippen LogP contribution in [0, 0.1) is 6.92 Å². The molecule has 0 saturated heterocycles. The number of benzene rings is 1. The van der Waals surface area contributed by atoms with Crippen molar-refractivity contribution in [2.24, 2.45) is 0 Å². The summed E-state index contributed by atoms with van der Waals surface area (Å²) in [5.74, 6) is 1.04. The fourth-order valence-corrected chi connectivity index (χ4v) is 1.89. The molecule has 0 bridgehead atoms. The lowest BCUT2D eigenvalue weighted by Gasteiger charge is -2.08. The summed E-state index contributed by atoms with van der Waals surface area (Å²) in [6.45, 7) is 1.97. The number of nitrogens with one attached hydrogen (secondary N) is 1. The molecular weight excluding hydrogens is 238 g/mol. The summed E-state index contributed by atoms with van der Waals surface area (Å²) < 4.78 is 0. The molecular formula is C14H13N5. The van der Waals surface area contributed by atoms with Crippen LogP contribution in [0.25, 0.3) is 10.9 Å². The van der Waals surface area contributed by atoms with Gasteiger partial charge in [-0.3, -0.25) is 4.98 Å². The highest BCUT2D eigenvalue weighted by atomic mass is 15.0. The van der Waals surface area contributed by atoms with Gasteiger partial charge in [0.1, 0.15) is 11.6 Å². The molecule has 0 radical (unpaired) electrons. The summed E-state index contributed by atoms with van der Waals surface area (Å²) in [5.41, 5.74) is 8.31. The van der Waals surface area contributed by atoms with E-state index in [0.717, 1.165) is 22.3 Å². The summed E-state index contributed by atoms with van der Waals surface area (Å²) in [4.78, 5) is 12.7. The highest BCUT2D eigenvalue weighted by molar-refractivity contribution is 5.91. The second-order valence-corrected chi connectivity index (χ2v) is 4.28. The van der Waals surface area contributed by atoms with Crippen LogP contribution in [0.15, 0.2) is 42.7 Å². The van der Waals surface area contributed by atoms with Crippen molar-refractivity contribution >= 4 is 28.2 Å². The van der Waals surface area contributed by atoms with Crippen LogP contribution in [-0.4, -0.2) is 15.0 Å². The third-order valence-electron chi connectivity index (χ3n) is 2.79. The first kappa shape index (κ1) is 11.4. The number of para-hydroxylation sites is 1. The van der Waals surface area contributed by atoms with E-state index in [4.69, 9.17) is 5.73 Å². The van der Waals surface area contributed by atoms with Crippen LogP contribution in [0.2, 0.25) is 0 Å². The molecule has 0 aliphatic carbocycles. The predicted molar refractivity (Wildman–Crippen MR) is 76.2 cm³/mol. The molecule has 5 heteroatoms.